The van der Waals surface area contributed by atoms with Crippen LogP contribution in [-0.2, 0) is 20.8 Å². The molecule has 0 aromatic heterocycles. The lowest BCUT2D eigenvalue weighted by atomic mass is 10.0. The van der Waals surface area contributed by atoms with Crippen molar-refractivity contribution in [1.29, 1.82) is 0 Å². The minimum Gasteiger partial charge on any atom is -0.480 e. The Morgan fingerprint density at radius 2 is 1.92 bits per heavy atom. The molecular formula is C18H25N2O5+. The normalized spacial score (nSPS) is 19.3. The van der Waals surface area contributed by atoms with Crippen molar-refractivity contribution in [3.8, 4) is 0 Å². The number of hydrogen-bond acceptors (Lipinski definition) is 3. The number of benzene rings is 1. The largest absolute Gasteiger partial charge is 0.480 e. The maximum absolute atomic E-state index is 12.6. The quantitative estimate of drug-likeness (QED) is 0.616. The first kappa shape index (κ1) is 18.9. The van der Waals surface area contributed by atoms with E-state index in [0.29, 0.717) is 25.8 Å². The summed E-state index contributed by atoms with van der Waals surface area (Å²) < 4.78 is 0. The highest BCUT2D eigenvalue weighted by molar-refractivity contribution is 5.84. The Bertz CT molecular complexity index is 605. The molecule has 0 spiro atoms. The highest BCUT2D eigenvalue weighted by Crippen LogP contribution is 2.11. The number of nitrogens with two attached hydrogens (primary N) is 1. The number of quaternary nitrogens is 1. The van der Waals surface area contributed by atoms with E-state index in [1.54, 1.807) is 5.32 Å². The van der Waals surface area contributed by atoms with Gasteiger partial charge in [0.05, 0.1) is 0 Å². The molecule has 136 valence electrons. The number of likely N-dealkylation sites (tertiary alicyclic amines) is 1. The van der Waals surface area contributed by atoms with E-state index in [2.05, 4.69) is 0 Å². The average molecular weight is 349 g/mol. The zero-order chi connectivity index (χ0) is 18.2. The summed E-state index contributed by atoms with van der Waals surface area (Å²) in [6.07, 6.45) is 3.14. The first-order valence-corrected chi connectivity index (χ1v) is 8.59. The summed E-state index contributed by atoms with van der Waals surface area (Å²) in [6.45, 7) is 0.0855. The van der Waals surface area contributed by atoms with Gasteiger partial charge in [0, 0.05) is 19.4 Å². The Morgan fingerprint density at radius 3 is 2.56 bits per heavy atom. The smallest absolute Gasteiger partial charge is 0.362 e. The van der Waals surface area contributed by atoms with Crippen LogP contribution in [0.5, 0.6) is 0 Å². The minimum absolute atomic E-state index is 0.272. The van der Waals surface area contributed by atoms with Crippen LogP contribution in [0, 0.1) is 0 Å². The molecule has 2 rings (SSSR count). The number of rotatable bonds is 8. The summed E-state index contributed by atoms with van der Waals surface area (Å²) in [6, 6.07) is 8.37. The molecule has 0 aliphatic carbocycles. The lowest BCUT2D eigenvalue weighted by Gasteiger charge is -2.23. The second-order valence-corrected chi connectivity index (χ2v) is 6.42. The molecule has 7 heteroatoms. The number of carbonyl (C=O) groups is 3. The molecule has 0 radical (unpaired) electrons. The Labute approximate surface area is 146 Å². The second-order valence-electron chi connectivity index (χ2n) is 6.42. The van der Waals surface area contributed by atoms with Crippen LogP contribution in [0.1, 0.15) is 31.2 Å². The van der Waals surface area contributed by atoms with Gasteiger partial charge >= 0.3 is 11.9 Å². The van der Waals surface area contributed by atoms with Crippen LogP contribution in [0.4, 0.5) is 0 Å². The molecule has 1 aliphatic heterocycles. The number of aliphatic carboxylic acids is 2. The van der Waals surface area contributed by atoms with Gasteiger partial charge in [-0.3, -0.25) is 9.59 Å². The van der Waals surface area contributed by atoms with E-state index in [1.807, 2.05) is 30.3 Å². The first-order valence-electron chi connectivity index (χ1n) is 8.59. The number of nitrogens with zero attached hydrogens (tertiary/aromatic N) is 1. The van der Waals surface area contributed by atoms with Crippen molar-refractivity contribution in [2.24, 2.45) is 0 Å². The van der Waals surface area contributed by atoms with Crippen LogP contribution < -0.4 is 5.32 Å². The van der Waals surface area contributed by atoms with Gasteiger partial charge in [-0.05, 0) is 24.8 Å². The number of carboxylic acid groups (broad SMARTS) is 2. The first-order chi connectivity index (χ1) is 12.0. The lowest BCUT2D eigenvalue weighted by Crippen LogP contribution is -2.98. The van der Waals surface area contributed by atoms with E-state index < -0.39 is 24.0 Å². The van der Waals surface area contributed by atoms with Crippen LogP contribution in [0.15, 0.2) is 30.3 Å². The van der Waals surface area contributed by atoms with Gasteiger partial charge < -0.3 is 20.4 Å². The van der Waals surface area contributed by atoms with E-state index in [4.69, 9.17) is 5.11 Å². The van der Waals surface area contributed by atoms with Crippen molar-refractivity contribution in [3.05, 3.63) is 35.9 Å². The molecule has 1 aliphatic rings. The van der Waals surface area contributed by atoms with Crippen molar-refractivity contribution in [2.45, 2.75) is 44.2 Å². The molecule has 1 heterocycles. The maximum Gasteiger partial charge on any atom is 0.362 e. The average Bonchev–Trinajstić information content (AvgIpc) is 2.74. The Balaban J connectivity index is 2.00. The fourth-order valence-corrected chi connectivity index (χ4v) is 3.18. The molecule has 2 atom stereocenters. The summed E-state index contributed by atoms with van der Waals surface area (Å²) >= 11 is 0. The second kappa shape index (κ2) is 9.17. The van der Waals surface area contributed by atoms with Crippen LogP contribution in [0.2, 0.25) is 0 Å². The molecule has 1 fully saturated rings. The highest BCUT2D eigenvalue weighted by atomic mass is 16.4. The molecule has 4 N–H and O–H groups in total. The van der Waals surface area contributed by atoms with Crippen LogP contribution >= 0.6 is 0 Å². The Morgan fingerprint density at radius 1 is 1.20 bits per heavy atom. The predicted octanol–water partition coefficient (Wildman–Crippen LogP) is 0.102. The summed E-state index contributed by atoms with van der Waals surface area (Å²) in [5.74, 6) is -2.27. The highest BCUT2D eigenvalue weighted by Gasteiger charge is 2.34. The minimum atomic E-state index is -1.05. The van der Waals surface area contributed by atoms with Crippen molar-refractivity contribution >= 4 is 17.8 Å². The number of aryl methyl sites for hydroxylation is 1. The van der Waals surface area contributed by atoms with E-state index in [-0.39, 0.29) is 12.5 Å². The van der Waals surface area contributed by atoms with Crippen molar-refractivity contribution < 1.29 is 29.9 Å². The number of carboxylic acids is 2. The van der Waals surface area contributed by atoms with Gasteiger partial charge in [-0.2, -0.15) is 0 Å². The molecule has 1 aromatic rings. The molecule has 0 bridgehead atoms. The van der Waals surface area contributed by atoms with Crippen molar-refractivity contribution in [3.63, 3.8) is 0 Å². The zero-order valence-electron chi connectivity index (χ0n) is 14.1. The summed E-state index contributed by atoms with van der Waals surface area (Å²) in [4.78, 5) is 36.4. The van der Waals surface area contributed by atoms with E-state index in [0.717, 1.165) is 18.4 Å². The molecule has 25 heavy (non-hydrogen) atoms. The Hall–Kier alpha value is -2.41. The number of hydrogen-bond donors (Lipinski definition) is 3. The SMILES string of the molecule is O=C(O)CN1CCCCC([NH2+]C(CCc2ccccc2)C(=O)O)C1=O. The van der Waals surface area contributed by atoms with E-state index in [1.165, 1.54) is 4.90 Å². The number of amides is 1. The molecular weight excluding hydrogens is 324 g/mol. The Kier molecular flexibility index (Phi) is 6.94. The maximum atomic E-state index is 12.6. The fourth-order valence-electron chi connectivity index (χ4n) is 3.18. The third-order valence-electron chi connectivity index (χ3n) is 4.52. The third kappa shape index (κ3) is 5.86. The van der Waals surface area contributed by atoms with Gasteiger partial charge in [-0.1, -0.05) is 30.3 Å². The summed E-state index contributed by atoms with van der Waals surface area (Å²) in [5, 5.41) is 20.0. The van der Waals surface area contributed by atoms with E-state index in [9.17, 15) is 19.5 Å². The fraction of sp³-hybridized carbons (Fsp3) is 0.500. The third-order valence-corrected chi connectivity index (χ3v) is 4.52. The zero-order valence-corrected chi connectivity index (χ0v) is 14.1. The predicted molar refractivity (Wildman–Crippen MR) is 90.0 cm³/mol. The van der Waals surface area contributed by atoms with Gasteiger partial charge in [0.25, 0.3) is 5.91 Å². The molecule has 0 saturated carbocycles. The standard InChI is InChI=1S/C18H24N2O5/c21-16(22)12-20-11-5-4-8-14(17(20)23)19-15(18(24)25)10-9-13-6-2-1-3-7-13/h1-3,6-7,14-15,19H,4-5,8-12H2,(H,21,22)(H,24,25)/p+1. The molecule has 1 amide bonds. The van der Waals surface area contributed by atoms with Crippen molar-refractivity contribution in [2.75, 3.05) is 13.1 Å². The topological polar surface area (TPSA) is 112 Å². The van der Waals surface area contributed by atoms with Gasteiger partial charge in [0.2, 0.25) is 0 Å². The molecule has 7 nitrogen and oxygen atoms in total. The molecule has 1 aromatic carbocycles. The monoisotopic (exact) mass is 349 g/mol. The van der Waals surface area contributed by atoms with Crippen LogP contribution in [0.25, 0.3) is 0 Å². The molecule has 2 unspecified atom stereocenters. The van der Waals surface area contributed by atoms with Gasteiger partial charge in [0.1, 0.15) is 6.54 Å². The van der Waals surface area contributed by atoms with Gasteiger partial charge in [-0.25, -0.2) is 4.79 Å². The van der Waals surface area contributed by atoms with Crippen LogP contribution in [0.3, 0.4) is 0 Å². The van der Waals surface area contributed by atoms with Gasteiger partial charge in [-0.15, -0.1) is 0 Å². The summed E-state index contributed by atoms with van der Waals surface area (Å²) in [5.41, 5.74) is 1.06. The lowest BCUT2D eigenvalue weighted by molar-refractivity contribution is -0.700. The van der Waals surface area contributed by atoms with Gasteiger partial charge in [0.15, 0.2) is 12.1 Å². The molecule has 1 saturated heterocycles. The number of carbonyl (C=O) groups excluding carboxylic acids is 1. The summed E-state index contributed by atoms with van der Waals surface area (Å²) in [7, 11) is 0. The van der Waals surface area contributed by atoms with E-state index >= 15 is 0 Å². The van der Waals surface area contributed by atoms with Crippen LogP contribution in [-0.4, -0.2) is 58.1 Å². The van der Waals surface area contributed by atoms with Crippen molar-refractivity contribution in [1.82, 2.24) is 4.90 Å².